The number of hydrogen-bond donors (Lipinski definition) is 1. The monoisotopic (exact) mass is 239 g/mol. The van der Waals surface area contributed by atoms with Gasteiger partial charge in [-0.2, -0.15) is 0 Å². The lowest BCUT2D eigenvalue weighted by molar-refractivity contribution is 0.193. The Kier molecular flexibility index (Phi) is 6.32. The van der Waals surface area contributed by atoms with Crippen molar-refractivity contribution in [3.05, 3.63) is 12.4 Å². The number of methoxy groups -OCH3 is 1. The molecule has 1 rings (SSSR count). The van der Waals surface area contributed by atoms with E-state index in [0.717, 1.165) is 31.8 Å². The van der Waals surface area contributed by atoms with Crippen LogP contribution < -0.4 is 10.1 Å². The van der Waals surface area contributed by atoms with Crippen LogP contribution in [0.15, 0.2) is 12.4 Å². The van der Waals surface area contributed by atoms with Gasteiger partial charge in [-0.1, -0.05) is 0 Å². The lowest BCUT2D eigenvalue weighted by Gasteiger charge is -2.10. The molecule has 0 aromatic carbocycles. The highest BCUT2D eigenvalue weighted by Gasteiger charge is 2.01. The number of aromatic nitrogens is 2. The van der Waals surface area contributed by atoms with Crippen molar-refractivity contribution in [2.45, 2.75) is 32.8 Å². The summed E-state index contributed by atoms with van der Waals surface area (Å²) < 4.78 is 10.5. The van der Waals surface area contributed by atoms with Crippen LogP contribution in [0.1, 0.15) is 26.7 Å². The average molecular weight is 239 g/mol. The van der Waals surface area contributed by atoms with Crippen molar-refractivity contribution in [3.8, 4) is 5.88 Å². The number of anilines is 1. The summed E-state index contributed by atoms with van der Waals surface area (Å²) in [6, 6.07) is 1.82. The minimum absolute atomic E-state index is 0.124. The van der Waals surface area contributed by atoms with Gasteiger partial charge < -0.3 is 14.8 Å². The van der Waals surface area contributed by atoms with Crippen LogP contribution in [0.5, 0.6) is 5.88 Å². The average Bonchev–Trinajstić information content (AvgIpc) is 2.28. The maximum atomic E-state index is 5.49. The van der Waals surface area contributed by atoms with Crippen molar-refractivity contribution in [3.63, 3.8) is 0 Å². The maximum Gasteiger partial charge on any atom is 0.218 e. The molecule has 0 radical (unpaired) electrons. The second kappa shape index (κ2) is 7.84. The Hall–Kier alpha value is -1.36. The molecule has 0 saturated heterocycles. The molecule has 0 aliphatic rings. The minimum atomic E-state index is 0.124. The van der Waals surface area contributed by atoms with E-state index in [2.05, 4.69) is 15.3 Å². The van der Waals surface area contributed by atoms with Gasteiger partial charge in [0.05, 0.1) is 6.10 Å². The van der Waals surface area contributed by atoms with E-state index in [4.69, 9.17) is 9.47 Å². The first-order valence-corrected chi connectivity index (χ1v) is 5.94. The molecular formula is C12H21N3O2. The molecule has 0 bridgehead atoms. The lowest BCUT2D eigenvalue weighted by atomic mass is 10.3. The van der Waals surface area contributed by atoms with E-state index in [0.29, 0.717) is 5.88 Å². The van der Waals surface area contributed by atoms with E-state index >= 15 is 0 Å². The van der Waals surface area contributed by atoms with Gasteiger partial charge >= 0.3 is 0 Å². The topological polar surface area (TPSA) is 56.3 Å². The number of rotatable bonds is 8. The third kappa shape index (κ3) is 6.06. The molecule has 0 spiro atoms. The number of unbranched alkanes of at least 4 members (excludes halogenated alkanes) is 1. The Labute approximate surface area is 103 Å². The van der Waals surface area contributed by atoms with Crippen molar-refractivity contribution < 1.29 is 9.47 Å². The number of hydrogen-bond acceptors (Lipinski definition) is 5. The smallest absolute Gasteiger partial charge is 0.218 e. The molecule has 0 aliphatic carbocycles. The number of ether oxygens (including phenoxy) is 2. The Balaban J connectivity index is 2.32. The zero-order valence-electron chi connectivity index (χ0n) is 10.8. The van der Waals surface area contributed by atoms with Gasteiger partial charge in [-0.3, -0.25) is 0 Å². The minimum Gasteiger partial charge on any atom is -0.475 e. The van der Waals surface area contributed by atoms with Crippen LogP contribution in [0.2, 0.25) is 0 Å². The highest BCUT2D eigenvalue weighted by Crippen LogP contribution is 2.12. The van der Waals surface area contributed by atoms with Crippen LogP contribution in [0.3, 0.4) is 0 Å². The summed E-state index contributed by atoms with van der Waals surface area (Å²) >= 11 is 0. The fourth-order valence-corrected chi connectivity index (χ4v) is 1.33. The Morgan fingerprint density at radius 2 is 2.12 bits per heavy atom. The van der Waals surface area contributed by atoms with Crippen LogP contribution in [-0.2, 0) is 4.74 Å². The quantitative estimate of drug-likeness (QED) is 0.704. The normalized spacial score (nSPS) is 10.6. The molecule has 1 aromatic heterocycles. The van der Waals surface area contributed by atoms with Crippen LogP contribution in [0, 0.1) is 0 Å². The fraction of sp³-hybridized carbons (Fsp3) is 0.667. The third-order valence-corrected chi connectivity index (χ3v) is 2.08. The molecule has 5 heteroatoms. The molecule has 0 unspecified atom stereocenters. The van der Waals surface area contributed by atoms with E-state index in [-0.39, 0.29) is 6.10 Å². The van der Waals surface area contributed by atoms with Gasteiger partial charge in [0.15, 0.2) is 0 Å². The van der Waals surface area contributed by atoms with Crippen LogP contribution in [0.4, 0.5) is 5.82 Å². The van der Waals surface area contributed by atoms with Crippen molar-refractivity contribution in [2.24, 2.45) is 0 Å². The predicted molar refractivity (Wildman–Crippen MR) is 67.4 cm³/mol. The summed E-state index contributed by atoms with van der Waals surface area (Å²) in [5.74, 6) is 1.41. The Morgan fingerprint density at radius 1 is 1.29 bits per heavy atom. The van der Waals surface area contributed by atoms with E-state index in [1.54, 1.807) is 7.11 Å². The second-order valence-corrected chi connectivity index (χ2v) is 4.03. The fourth-order valence-electron chi connectivity index (χ4n) is 1.33. The third-order valence-electron chi connectivity index (χ3n) is 2.08. The molecule has 0 fully saturated rings. The van der Waals surface area contributed by atoms with Gasteiger partial charge in [-0.05, 0) is 26.7 Å². The first-order valence-electron chi connectivity index (χ1n) is 5.94. The molecule has 96 valence electrons. The van der Waals surface area contributed by atoms with Gasteiger partial charge in [-0.25, -0.2) is 9.97 Å². The number of nitrogens with zero attached hydrogens (tertiary/aromatic N) is 2. The zero-order valence-corrected chi connectivity index (χ0v) is 10.8. The summed E-state index contributed by atoms with van der Waals surface area (Å²) in [7, 11) is 1.72. The molecule has 17 heavy (non-hydrogen) atoms. The van der Waals surface area contributed by atoms with E-state index in [1.165, 1.54) is 6.33 Å². The van der Waals surface area contributed by atoms with E-state index in [1.807, 2.05) is 19.9 Å². The molecule has 0 aliphatic heterocycles. The number of nitrogens with one attached hydrogen (secondary N) is 1. The Bertz CT molecular complexity index is 318. The molecular weight excluding hydrogens is 218 g/mol. The molecule has 5 nitrogen and oxygen atoms in total. The van der Waals surface area contributed by atoms with Gasteiger partial charge in [0.1, 0.15) is 12.1 Å². The first-order chi connectivity index (χ1) is 8.22. The highest BCUT2D eigenvalue weighted by molar-refractivity contribution is 5.36. The van der Waals surface area contributed by atoms with Crippen molar-refractivity contribution >= 4 is 5.82 Å². The molecule has 1 N–H and O–H groups in total. The predicted octanol–water partition coefficient (Wildman–Crippen LogP) is 2.10. The van der Waals surface area contributed by atoms with E-state index < -0.39 is 0 Å². The molecule has 0 saturated carbocycles. The molecule has 1 heterocycles. The second-order valence-electron chi connectivity index (χ2n) is 4.03. The standard InChI is InChI=1S/C12H21N3O2/c1-10(2)17-12-8-11(14-9-15-12)13-6-4-5-7-16-3/h8-10H,4-7H2,1-3H3,(H,13,14,15). The Morgan fingerprint density at radius 3 is 2.82 bits per heavy atom. The summed E-state index contributed by atoms with van der Waals surface area (Å²) in [6.07, 6.45) is 3.73. The van der Waals surface area contributed by atoms with E-state index in [9.17, 15) is 0 Å². The molecule has 0 atom stereocenters. The van der Waals surface area contributed by atoms with Gasteiger partial charge in [0.2, 0.25) is 5.88 Å². The summed E-state index contributed by atoms with van der Waals surface area (Å²) in [5, 5.41) is 3.23. The van der Waals surface area contributed by atoms with Crippen molar-refractivity contribution in [1.29, 1.82) is 0 Å². The van der Waals surface area contributed by atoms with Crippen LogP contribution in [-0.4, -0.2) is 36.3 Å². The summed E-state index contributed by atoms with van der Waals surface area (Å²) in [6.45, 7) is 5.62. The highest BCUT2D eigenvalue weighted by atomic mass is 16.5. The van der Waals surface area contributed by atoms with Crippen LogP contribution >= 0.6 is 0 Å². The molecule has 1 aromatic rings. The summed E-state index contributed by atoms with van der Waals surface area (Å²) in [5.41, 5.74) is 0. The van der Waals surface area contributed by atoms with Crippen molar-refractivity contribution in [2.75, 3.05) is 25.6 Å². The SMILES string of the molecule is COCCCCNc1cc(OC(C)C)ncn1. The van der Waals surface area contributed by atoms with Crippen LogP contribution in [0.25, 0.3) is 0 Å². The maximum absolute atomic E-state index is 5.49. The lowest BCUT2D eigenvalue weighted by Crippen LogP contribution is -2.09. The zero-order chi connectivity index (χ0) is 12.5. The molecule has 0 amide bonds. The van der Waals surface area contributed by atoms with Crippen molar-refractivity contribution in [1.82, 2.24) is 9.97 Å². The van der Waals surface area contributed by atoms with Gasteiger partial charge in [0, 0.05) is 26.3 Å². The summed E-state index contributed by atoms with van der Waals surface area (Å²) in [4.78, 5) is 8.17. The first kappa shape index (κ1) is 13.7. The van der Waals surface area contributed by atoms with Gasteiger partial charge in [0.25, 0.3) is 0 Å². The largest absolute Gasteiger partial charge is 0.475 e. The van der Waals surface area contributed by atoms with Gasteiger partial charge in [-0.15, -0.1) is 0 Å².